The fourth-order valence-corrected chi connectivity index (χ4v) is 6.94. The number of carbonyl (C=O) groups is 2. The van der Waals surface area contributed by atoms with Gasteiger partial charge in [-0.25, -0.2) is 4.39 Å². The molecular formula is C37H45FN2O6. The number of ether oxygens (including phenoxy) is 3. The lowest BCUT2D eigenvalue weighted by Crippen LogP contribution is -2.46. The Morgan fingerprint density at radius 1 is 0.978 bits per heavy atom. The number of likely N-dealkylation sites (tertiary alicyclic amines) is 1. The van der Waals surface area contributed by atoms with Gasteiger partial charge in [0.25, 0.3) is 0 Å². The second-order valence-corrected chi connectivity index (χ2v) is 12.4. The largest absolute Gasteiger partial charge is 0.497 e. The summed E-state index contributed by atoms with van der Waals surface area (Å²) >= 11 is 0. The normalized spacial score (nSPS) is 19.0. The number of unbranched alkanes of at least 4 members (excludes halogenated alkanes) is 2. The van der Waals surface area contributed by atoms with Crippen LogP contribution >= 0.6 is 0 Å². The lowest BCUT2D eigenvalue weighted by molar-refractivity contribution is -0.143. The zero-order chi connectivity index (χ0) is 32.8. The number of hydrogen-bond donors (Lipinski definition) is 1. The van der Waals surface area contributed by atoms with Crippen LogP contribution in [0.3, 0.4) is 0 Å². The van der Waals surface area contributed by atoms with Crippen molar-refractivity contribution in [2.75, 3.05) is 31.9 Å². The Balaban J connectivity index is 1.55. The number of carbonyl (C=O) groups excluding carboxylic acids is 1. The Kier molecular flexibility index (Phi) is 10.8. The van der Waals surface area contributed by atoms with Crippen LogP contribution in [0.1, 0.15) is 81.0 Å². The van der Waals surface area contributed by atoms with E-state index in [9.17, 15) is 19.1 Å². The summed E-state index contributed by atoms with van der Waals surface area (Å²) in [4.78, 5) is 31.5. The Bertz CT molecular complexity index is 1500. The van der Waals surface area contributed by atoms with Gasteiger partial charge < -0.3 is 24.2 Å². The molecule has 1 saturated heterocycles. The molecule has 9 heteroatoms. The first-order valence-corrected chi connectivity index (χ1v) is 16.3. The van der Waals surface area contributed by atoms with E-state index in [0.717, 1.165) is 49.7 Å². The molecule has 3 atom stereocenters. The van der Waals surface area contributed by atoms with Gasteiger partial charge in [-0.05, 0) is 78.9 Å². The molecule has 0 spiro atoms. The third-order valence-corrected chi connectivity index (χ3v) is 9.34. The number of rotatable bonds is 14. The third-order valence-electron chi connectivity index (χ3n) is 9.34. The molecule has 0 aromatic heterocycles. The van der Waals surface area contributed by atoms with Gasteiger partial charge in [-0.1, -0.05) is 57.7 Å². The molecule has 8 nitrogen and oxygen atoms in total. The summed E-state index contributed by atoms with van der Waals surface area (Å²) in [5.74, 6) is -0.748. The van der Waals surface area contributed by atoms with E-state index in [4.69, 9.17) is 14.2 Å². The van der Waals surface area contributed by atoms with Gasteiger partial charge in [-0.3, -0.25) is 14.5 Å². The van der Waals surface area contributed by atoms with Crippen LogP contribution in [0.15, 0.2) is 60.7 Å². The monoisotopic (exact) mass is 632 g/mol. The molecule has 246 valence electrons. The van der Waals surface area contributed by atoms with Crippen molar-refractivity contribution in [2.45, 2.75) is 77.3 Å². The summed E-state index contributed by atoms with van der Waals surface area (Å²) in [5, 5.41) is 10.7. The maximum absolute atomic E-state index is 14.6. The number of hydrogen-bond acceptors (Lipinski definition) is 6. The number of anilines is 1. The minimum atomic E-state index is -0.937. The van der Waals surface area contributed by atoms with Gasteiger partial charge in [-0.2, -0.15) is 0 Å². The van der Waals surface area contributed by atoms with Gasteiger partial charge >= 0.3 is 5.97 Å². The number of aliphatic carboxylic acids is 1. The highest BCUT2D eigenvalue weighted by atomic mass is 19.1. The number of benzene rings is 3. The predicted molar refractivity (Wildman–Crippen MR) is 175 cm³/mol. The van der Waals surface area contributed by atoms with Crippen molar-refractivity contribution < 1.29 is 33.3 Å². The number of carboxylic acids is 1. The van der Waals surface area contributed by atoms with Crippen LogP contribution in [0, 0.1) is 18.7 Å². The molecule has 0 radical (unpaired) electrons. The number of fused-ring (bicyclic) bond motifs is 1. The summed E-state index contributed by atoms with van der Waals surface area (Å²) in [6.07, 6.45) is 5.58. The molecule has 0 saturated carbocycles. The zero-order valence-corrected chi connectivity index (χ0v) is 27.2. The van der Waals surface area contributed by atoms with Gasteiger partial charge in [0.1, 0.15) is 11.6 Å². The van der Waals surface area contributed by atoms with Crippen molar-refractivity contribution in [2.24, 2.45) is 5.92 Å². The highest BCUT2D eigenvalue weighted by Crippen LogP contribution is 2.48. The number of amides is 1. The highest BCUT2D eigenvalue weighted by molar-refractivity contribution is 5.95. The van der Waals surface area contributed by atoms with Crippen molar-refractivity contribution in [3.63, 3.8) is 0 Å². The number of halogens is 1. The van der Waals surface area contributed by atoms with Gasteiger partial charge in [0.05, 0.1) is 19.6 Å². The Morgan fingerprint density at radius 2 is 1.65 bits per heavy atom. The van der Waals surface area contributed by atoms with E-state index in [2.05, 4.69) is 13.8 Å². The average Bonchev–Trinajstić information content (AvgIpc) is 3.68. The SMILES string of the molecule is CCCCC(CCCC)N(C(=O)CN1C[C@H](c2ccc3c(c2)OCO3)[C@H](C(=O)O)[C@H]1c1ccc(OC)cc1)c1ccc(F)c(C)c1. The highest BCUT2D eigenvalue weighted by Gasteiger charge is 2.48. The van der Waals surface area contributed by atoms with Crippen molar-refractivity contribution in [1.29, 1.82) is 0 Å². The maximum Gasteiger partial charge on any atom is 0.309 e. The van der Waals surface area contributed by atoms with E-state index >= 15 is 0 Å². The molecule has 5 rings (SSSR count). The number of nitrogens with zero attached hydrogens (tertiary/aromatic N) is 2. The van der Waals surface area contributed by atoms with Gasteiger partial charge in [-0.15, -0.1) is 0 Å². The molecule has 3 aromatic rings. The van der Waals surface area contributed by atoms with Crippen LogP contribution in [0.5, 0.6) is 17.2 Å². The Labute approximate surface area is 271 Å². The van der Waals surface area contributed by atoms with Crippen molar-refractivity contribution in [3.8, 4) is 17.2 Å². The molecule has 2 aliphatic heterocycles. The second-order valence-electron chi connectivity index (χ2n) is 12.4. The summed E-state index contributed by atoms with van der Waals surface area (Å²) in [5.41, 5.74) is 2.76. The Morgan fingerprint density at radius 3 is 2.28 bits per heavy atom. The van der Waals surface area contributed by atoms with Crippen LogP contribution < -0.4 is 19.1 Å². The molecule has 0 aliphatic carbocycles. The van der Waals surface area contributed by atoms with Crippen molar-refractivity contribution in [3.05, 3.63) is 83.2 Å². The first-order chi connectivity index (χ1) is 22.2. The van der Waals surface area contributed by atoms with Crippen molar-refractivity contribution in [1.82, 2.24) is 4.90 Å². The molecule has 46 heavy (non-hydrogen) atoms. The first-order valence-electron chi connectivity index (χ1n) is 16.3. The first kappa shape index (κ1) is 33.3. The molecular weight excluding hydrogens is 587 g/mol. The number of methoxy groups -OCH3 is 1. The summed E-state index contributed by atoms with van der Waals surface area (Å²) in [6, 6.07) is 17.2. The van der Waals surface area contributed by atoms with Crippen LogP contribution in [-0.4, -0.2) is 54.9 Å². The molecule has 1 fully saturated rings. The predicted octanol–water partition coefficient (Wildman–Crippen LogP) is 7.49. The van der Waals surface area contributed by atoms with E-state index in [1.807, 2.05) is 52.3 Å². The van der Waals surface area contributed by atoms with E-state index in [1.54, 1.807) is 26.2 Å². The average molecular weight is 633 g/mol. The fraction of sp³-hybridized carbons (Fsp3) is 0.459. The lowest BCUT2D eigenvalue weighted by atomic mass is 9.82. The standard InChI is InChI=1S/C37H45FN2O6/c1-5-7-9-27(10-8-6-2)40(28-14-17-31(38)24(3)19-28)34(41)22-39-21-30(26-13-18-32-33(20-26)46-23-45-32)35(37(42)43)36(39)25-11-15-29(44-4)16-12-25/h11-20,27,30,35-36H,5-10,21-23H2,1-4H3,(H,42,43)/t30-,35+,36-/m1/s1. The minimum absolute atomic E-state index is 0.00665. The molecule has 1 N–H and O–H groups in total. The van der Waals surface area contributed by atoms with Gasteiger partial charge in [0, 0.05) is 30.2 Å². The molecule has 0 unspecified atom stereocenters. The number of aryl methyl sites for hydroxylation is 1. The van der Waals surface area contributed by atoms with E-state index in [-0.39, 0.29) is 31.1 Å². The third kappa shape index (κ3) is 7.15. The summed E-state index contributed by atoms with van der Waals surface area (Å²) in [6.45, 7) is 6.46. The molecule has 1 amide bonds. The van der Waals surface area contributed by atoms with Gasteiger partial charge in [0.15, 0.2) is 11.5 Å². The molecule has 3 aromatic carbocycles. The van der Waals surface area contributed by atoms with Crippen LogP contribution in [0.4, 0.5) is 10.1 Å². The molecule has 2 aliphatic rings. The lowest BCUT2D eigenvalue weighted by Gasteiger charge is -2.35. The quantitative estimate of drug-likeness (QED) is 0.197. The second kappa shape index (κ2) is 15.0. The maximum atomic E-state index is 14.6. The number of carboxylic acid groups (broad SMARTS) is 1. The topological polar surface area (TPSA) is 88.5 Å². The molecule has 2 heterocycles. The fourth-order valence-electron chi connectivity index (χ4n) is 6.94. The van der Waals surface area contributed by atoms with Gasteiger partial charge in [0.2, 0.25) is 12.7 Å². The van der Waals surface area contributed by atoms with E-state index < -0.39 is 23.8 Å². The minimum Gasteiger partial charge on any atom is -0.497 e. The summed E-state index contributed by atoms with van der Waals surface area (Å²) < 4.78 is 30.9. The Hall–Kier alpha value is -4.11. The smallest absolute Gasteiger partial charge is 0.309 e. The summed E-state index contributed by atoms with van der Waals surface area (Å²) in [7, 11) is 1.59. The van der Waals surface area contributed by atoms with Crippen LogP contribution in [-0.2, 0) is 9.59 Å². The van der Waals surface area contributed by atoms with Crippen LogP contribution in [0.2, 0.25) is 0 Å². The molecule has 0 bridgehead atoms. The van der Waals surface area contributed by atoms with Crippen LogP contribution in [0.25, 0.3) is 0 Å². The zero-order valence-electron chi connectivity index (χ0n) is 27.2. The van der Waals surface area contributed by atoms with E-state index in [0.29, 0.717) is 35.0 Å². The van der Waals surface area contributed by atoms with E-state index in [1.165, 1.54) is 6.07 Å². The van der Waals surface area contributed by atoms with Crippen molar-refractivity contribution >= 4 is 17.6 Å².